The molecule has 3 aromatic heterocycles. The van der Waals surface area contributed by atoms with E-state index >= 15 is 0 Å². The number of aromatic nitrogens is 4. The van der Waals surface area contributed by atoms with Crippen molar-refractivity contribution in [1.29, 1.82) is 0 Å². The van der Waals surface area contributed by atoms with Crippen LogP contribution in [-0.4, -0.2) is 48.7 Å². The maximum absolute atomic E-state index is 13.1. The van der Waals surface area contributed by atoms with E-state index in [2.05, 4.69) is 15.4 Å². The number of rotatable bonds is 6. The summed E-state index contributed by atoms with van der Waals surface area (Å²) in [5.74, 6) is -1.09. The molecule has 2 N–H and O–H groups in total. The fourth-order valence-electron chi connectivity index (χ4n) is 4.26. The summed E-state index contributed by atoms with van der Waals surface area (Å²) in [6.45, 7) is 4.85. The summed E-state index contributed by atoms with van der Waals surface area (Å²) < 4.78 is 2.63. The molecule has 1 saturated carbocycles. The monoisotopic (exact) mass is 462 g/mol. The topological polar surface area (TPSA) is 122 Å². The van der Waals surface area contributed by atoms with Crippen LogP contribution in [0.25, 0.3) is 11.7 Å². The molecule has 10 heteroatoms. The molecular weight excluding hydrogens is 436 g/mol. The average Bonchev–Trinajstić information content (AvgIpc) is 3.34. The lowest BCUT2D eigenvalue weighted by molar-refractivity contribution is -0.114. The van der Waals surface area contributed by atoms with Gasteiger partial charge in [-0.3, -0.25) is 23.9 Å². The summed E-state index contributed by atoms with van der Waals surface area (Å²) >= 11 is 0. The summed E-state index contributed by atoms with van der Waals surface area (Å²) in [5, 5.41) is 17.9. The molecule has 0 atom stereocenters. The van der Waals surface area contributed by atoms with Gasteiger partial charge in [0.2, 0.25) is 5.88 Å². The maximum Gasteiger partial charge on any atom is 0.291 e. The molecule has 4 heterocycles. The lowest BCUT2D eigenvalue weighted by Gasteiger charge is -2.17. The first-order chi connectivity index (χ1) is 16.3. The molecule has 0 spiro atoms. The van der Waals surface area contributed by atoms with Gasteiger partial charge in [0.15, 0.2) is 5.56 Å². The number of aromatic hydroxyl groups is 1. The highest BCUT2D eigenvalue weighted by molar-refractivity contribution is 6.05. The van der Waals surface area contributed by atoms with Crippen molar-refractivity contribution in [2.24, 2.45) is 5.92 Å². The highest BCUT2D eigenvalue weighted by Crippen LogP contribution is 2.28. The van der Waals surface area contributed by atoms with Crippen molar-refractivity contribution < 1.29 is 14.7 Å². The van der Waals surface area contributed by atoms with Crippen LogP contribution in [0.4, 0.5) is 5.69 Å². The summed E-state index contributed by atoms with van der Waals surface area (Å²) in [6.07, 6.45) is 10.4. The fourth-order valence-corrected chi connectivity index (χ4v) is 4.26. The van der Waals surface area contributed by atoms with Crippen molar-refractivity contribution in [1.82, 2.24) is 24.5 Å². The molecule has 1 fully saturated rings. The van der Waals surface area contributed by atoms with E-state index in [4.69, 9.17) is 0 Å². The van der Waals surface area contributed by atoms with Gasteiger partial charge in [0.05, 0.1) is 11.9 Å². The summed E-state index contributed by atoms with van der Waals surface area (Å²) in [7, 11) is 0. The van der Waals surface area contributed by atoms with Gasteiger partial charge in [-0.05, 0) is 42.9 Å². The van der Waals surface area contributed by atoms with Gasteiger partial charge >= 0.3 is 0 Å². The molecule has 1 aliphatic heterocycles. The molecule has 10 nitrogen and oxygen atoms in total. The Hall–Kier alpha value is -3.95. The van der Waals surface area contributed by atoms with E-state index in [1.54, 1.807) is 23.4 Å². The quantitative estimate of drug-likeness (QED) is 0.538. The van der Waals surface area contributed by atoms with E-state index in [1.165, 1.54) is 16.8 Å². The minimum atomic E-state index is -0.697. The van der Waals surface area contributed by atoms with Crippen molar-refractivity contribution >= 4 is 29.2 Å². The highest BCUT2D eigenvalue weighted by atomic mass is 16.3. The van der Waals surface area contributed by atoms with Crippen molar-refractivity contribution in [2.45, 2.75) is 45.7 Å². The molecule has 0 radical (unpaired) electrons. The molecule has 5 rings (SSSR count). The van der Waals surface area contributed by atoms with Crippen molar-refractivity contribution in [2.75, 3.05) is 11.4 Å². The second-order valence-corrected chi connectivity index (χ2v) is 9.17. The van der Waals surface area contributed by atoms with E-state index < -0.39 is 17.3 Å². The first-order valence-electron chi connectivity index (χ1n) is 11.4. The second kappa shape index (κ2) is 8.44. The van der Waals surface area contributed by atoms with Crippen molar-refractivity contribution in [3.8, 4) is 5.88 Å². The number of hydrogen-bond acceptors (Lipinski definition) is 6. The Morgan fingerprint density at radius 1 is 1.29 bits per heavy atom. The van der Waals surface area contributed by atoms with Crippen molar-refractivity contribution in [3.63, 3.8) is 0 Å². The SMILES string of the molecule is CC(C)Cn1c(O)c(C(=O)NC2CC2)c(=O)n2ncc(/C=C/C(=O)N3CCc4cnccc43)c12. The number of anilines is 1. The Balaban J connectivity index is 1.54. The fraction of sp³-hybridized carbons (Fsp3) is 0.375. The molecule has 0 saturated heterocycles. The first kappa shape index (κ1) is 21.9. The number of nitrogens with one attached hydrogen (secondary N) is 1. The van der Waals surface area contributed by atoms with Gasteiger partial charge in [0.25, 0.3) is 17.4 Å². The number of hydrogen-bond donors (Lipinski definition) is 2. The van der Waals surface area contributed by atoms with Gasteiger partial charge in [-0.15, -0.1) is 0 Å². The normalized spacial score (nSPS) is 15.4. The van der Waals surface area contributed by atoms with Crippen LogP contribution in [0, 0.1) is 5.92 Å². The number of carbonyl (C=O) groups excluding carboxylic acids is 2. The van der Waals surface area contributed by atoms with E-state index in [0.717, 1.165) is 35.0 Å². The van der Waals surface area contributed by atoms with Gasteiger partial charge in [0.1, 0.15) is 5.65 Å². The molecule has 0 bridgehead atoms. The Bertz CT molecular complexity index is 1380. The molecule has 0 aromatic carbocycles. The zero-order valence-electron chi connectivity index (χ0n) is 19.1. The summed E-state index contributed by atoms with van der Waals surface area (Å²) in [5.41, 5.74) is 1.66. The van der Waals surface area contributed by atoms with Crippen LogP contribution >= 0.6 is 0 Å². The minimum absolute atomic E-state index is 0.0363. The maximum atomic E-state index is 13.1. The van der Waals surface area contributed by atoms with E-state index in [-0.39, 0.29) is 23.4 Å². The molecule has 176 valence electrons. The third-order valence-electron chi connectivity index (χ3n) is 6.04. The first-order valence-corrected chi connectivity index (χ1v) is 11.4. The van der Waals surface area contributed by atoms with Crippen LogP contribution in [0.5, 0.6) is 5.88 Å². The Morgan fingerprint density at radius 2 is 2.09 bits per heavy atom. The van der Waals surface area contributed by atoms with Gasteiger partial charge in [0, 0.05) is 43.2 Å². The van der Waals surface area contributed by atoms with Gasteiger partial charge in [-0.25, -0.2) is 0 Å². The van der Waals surface area contributed by atoms with Crippen LogP contribution in [0.2, 0.25) is 0 Å². The smallest absolute Gasteiger partial charge is 0.291 e. The molecule has 3 aromatic rings. The Labute approximate surface area is 195 Å². The lowest BCUT2D eigenvalue weighted by atomic mass is 10.2. The average molecular weight is 463 g/mol. The predicted octanol–water partition coefficient (Wildman–Crippen LogP) is 1.75. The molecule has 0 unspecified atom stereocenters. The molecule has 34 heavy (non-hydrogen) atoms. The molecule has 1 aliphatic carbocycles. The van der Waals surface area contributed by atoms with Crippen LogP contribution in [0.1, 0.15) is 48.2 Å². The zero-order chi connectivity index (χ0) is 24.0. The Kier molecular flexibility index (Phi) is 5.43. The van der Waals surface area contributed by atoms with Crippen molar-refractivity contribution in [3.05, 3.63) is 57.8 Å². The van der Waals surface area contributed by atoms with Crippen LogP contribution in [0.3, 0.4) is 0 Å². The highest BCUT2D eigenvalue weighted by Gasteiger charge is 2.30. The standard InChI is InChI=1S/C24H26N6O4/c1-14(2)13-29-22-16(3-6-19(31)28-10-8-15-11-25-9-7-18(15)28)12-26-30(22)24(34)20(23(29)33)21(32)27-17-4-5-17/h3,6-7,9,11-12,14,17,33H,4-5,8,10,13H2,1-2H3,(H,27,32)/b6-3+. The van der Waals surface area contributed by atoms with Gasteiger partial charge in [-0.1, -0.05) is 13.8 Å². The number of pyridine rings is 1. The summed E-state index contributed by atoms with van der Waals surface area (Å²) in [6, 6.07) is 1.85. The van der Waals surface area contributed by atoms with E-state index in [0.29, 0.717) is 24.3 Å². The molecule has 2 amide bonds. The number of fused-ring (bicyclic) bond motifs is 2. The molecular formula is C24H26N6O4. The van der Waals surface area contributed by atoms with Gasteiger partial charge < -0.3 is 15.3 Å². The Morgan fingerprint density at radius 3 is 2.82 bits per heavy atom. The van der Waals surface area contributed by atoms with E-state index in [9.17, 15) is 19.5 Å². The zero-order valence-corrected chi connectivity index (χ0v) is 19.1. The molecule has 2 aliphatic rings. The largest absolute Gasteiger partial charge is 0.494 e. The number of carbonyl (C=O) groups is 2. The van der Waals surface area contributed by atoms with Crippen LogP contribution in [0.15, 0.2) is 35.5 Å². The van der Waals surface area contributed by atoms with Crippen LogP contribution in [-0.2, 0) is 17.8 Å². The second-order valence-electron chi connectivity index (χ2n) is 9.17. The number of amides is 2. The van der Waals surface area contributed by atoms with Gasteiger partial charge in [-0.2, -0.15) is 9.61 Å². The predicted molar refractivity (Wildman–Crippen MR) is 126 cm³/mol. The minimum Gasteiger partial charge on any atom is -0.494 e. The third kappa shape index (κ3) is 3.85. The third-order valence-corrected chi connectivity index (χ3v) is 6.04. The van der Waals surface area contributed by atoms with Crippen LogP contribution < -0.4 is 15.8 Å². The summed E-state index contributed by atoms with van der Waals surface area (Å²) in [4.78, 5) is 44.5. The van der Waals surface area contributed by atoms with E-state index in [1.807, 2.05) is 19.9 Å². The lowest BCUT2D eigenvalue weighted by Crippen LogP contribution is -2.34. The number of nitrogens with zero attached hydrogens (tertiary/aromatic N) is 5.